The Kier molecular flexibility index (Phi) is 3.67. The van der Waals surface area contributed by atoms with Crippen LogP contribution in [0.25, 0.3) is 0 Å². The Morgan fingerprint density at radius 3 is 2.65 bits per heavy atom. The smallest absolute Gasteiger partial charge is 0.230 e. The third-order valence-electron chi connectivity index (χ3n) is 3.53. The first-order valence-corrected chi connectivity index (χ1v) is 6.93. The monoisotopic (exact) mass is 270 g/mol. The zero-order valence-corrected chi connectivity index (χ0v) is 11.3. The number of H-pyrrole nitrogens is 1. The molecule has 0 radical (unpaired) electrons. The molecular weight excluding hydrogens is 252 g/mol. The zero-order valence-electron chi connectivity index (χ0n) is 11.3. The van der Waals surface area contributed by atoms with Crippen LogP contribution in [0, 0.1) is 0 Å². The van der Waals surface area contributed by atoms with E-state index in [0.29, 0.717) is 6.42 Å². The van der Waals surface area contributed by atoms with E-state index >= 15 is 0 Å². The Hall–Kier alpha value is -2.30. The summed E-state index contributed by atoms with van der Waals surface area (Å²) in [7, 11) is 0. The van der Waals surface area contributed by atoms with Gasteiger partial charge < -0.3 is 15.2 Å². The van der Waals surface area contributed by atoms with E-state index in [9.17, 15) is 4.79 Å². The molecule has 0 spiro atoms. The second-order valence-corrected chi connectivity index (χ2v) is 5.04. The molecule has 0 aliphatic carbocycles. The third-order valence-corrected chi connectivity index (χ3v) is 3.53. The Morgan fingerprint density at radius 2 is 2.00 bits per heavy atom. The minimum atomic E-state index is -0.0387. The van der Waals surface area contributed by atoms with E-state index in [4.69, 9.17) is 0 Å². The Balaban J connectivity index is 1.58. The molecular formula is C15H18N4O. The second kappa shape index (κ2) is 5.77. The molecule has 2 aromatic rings. The lowest BCUT2D eigenvalue weighted by Gasteiger charge is -2.17. The summed E-state index contributed by atoms with van der Waals surface area (Å²) in [6.45, 7) is 2.26. The zero-order chi connectivity index (χ0) is 13.8. The number of hydrogen-bond donors (Lipinski definition) is 2. The average Bonchev–Trinajstić information content (AvgIpc) is 3.12. The van der Waals surface area contributed by atoms with Crippen molar-refractivity contribution in [2.45, 2.75) is 19.3 Å². The fourth-order valence-electron chi connectivity index (χ4n) is 2.49. The number of amides is 1. The van der Waals surface area contributed by atoms with Crippen molar-refractivity contribution in [3.63, 3.8) is 0 Å². The summed E-state index contributed by atoms with van der Waals surface area (Å²) in [5, 5.41) is 2.89. The summed E-state index contributed by atoms with van der Waals surface area (Å²) in [6.07, 6.45) is 6.09. The van der Waals surface area contributed by atoms with E-state index in [1.807, 2.05) is 12.1 Å². The molecule has 1 amide bonds. The van der Waals surface area contributed by atoms with Crippen molar-refractivity contribution in [1.29, 1.82) is 0 Å². The topological polar surface area (TPSA) is 61.0 Å². The average molecular weight is 270 g/mol. The van der Waals surface area contributed by atoms with Crippen LogP contribution in [0.15, 0.2) is 36.8 Å². The molecule has 1 saturated heterocycles. The van der Waals surface area contributed by atoms with Crippen LogP contribution in [0.1, 0.15) is 18.5 Å². The van der Waals surface area contributed by atoms with Gasteiger partial charge in [0.25, 0.3) is 0 Å². The van der Waals surface area contributed by atoms with Crippen LogP contribution in [0.3, 0.4) is 0 Å². The molecule has 20 heavy (non-hydrogen) atoms. The maximum atomic E-state index is 11.9. The summed E-state index contributed by atoms with van der Waals surface area (Å²) >= 11 is 0. The number of aromatic amines is 1. The fourth-order valence-corrected chi connectivity index (χ4v) is 2.49. The lowest BCUT2D eigenvalue weighted by molar-refractivity contribution is -0.115. The van der Waals surface area contributed by atoms with Gasteiger partial charge >= 0.3 is 0 Å². The predicted molar refractivity (Wildman–Crippen MR) is 78.8 cm³/mol. The van der Waals surface area contributed by atoms with Crippen molar-refractivity contribution >= 4 is 17.3 Å². The number of rotatable bonds is 4. The predicted octanol–water partition coefficient (Wildman–Crippen LogP) is 2.19. The largest absolute Gasteiger partial charge is 0.372 e. The first kappa shape index (κ1) is 12.7. The van der Waals surface area contributed by atoms with Crippen LogP contribution < -0.4 is 10.2 Å². The minimum Gasteiger partial charge on any atom is -0.372 e. The molecule has 5 nitrogen and oxygen atoms in total. The number of nitrogens with one attached hydrogen (secondary N) is 2. The van der Waals surface area contributed by atoms with E-state index in [1.54, 1.807) is 12.5 Å². The normalized spacial score (nSPS) is 14.5. The highest BCUT2D eigenvalue weighted by atomic mass is 16.1. The molecule has 0 unspecified atom stereocenters. The number of aromatic nitrogens is 2. The molecule has 3 rings (SSSR count). The summed E-state index contributed by atoms with van der Waals surface area (Å²) in [6, 6.07) is 8.05. The number of carbonyl (C=O) groups excluding carboxylic acids is 1. The first-order valence-electron chi connectivity index (χ1n) is 6.93. The van der Waals surface area contributed by atoms with Crippen LogP contribution >= 0.6 is 0 Å². The molecule has 5 heteroatoms. The summed E-state index contributed by atoms with van der Waals surface area (Å²) in [5.41, 5.74) is 2.88. The molecule has 104 valence electrons. The van der Waals surface area contributed by atoms with E-state index in [-0.39, 0.29) is 5.91 Å². The molecule has 1 aromatic heterocycles. The van der Waals surface area contributed by atoms with E-state index in [1.165, 1.54) is 18.5 Å². The quantitative estimate of drug-likeness (QED) is 0.895. The summed E-state index contributed by atoms with van der Waals surface area (Å²) in [5.74, 6) is -0.0387. The van der Waals surface area contributed by atoms with Crippen molar-refractivity contribution in [1.82, 2.24) is 9.97 Å². The minimum absolute atomic E-state index is 0.0387. The van der Waals surface area contributed by atoms with Crippen LogP contribution in [-0.2, 0) is 11.2 Å². The number of imidazole rings is 1. The maximum Gasteiger partial charge on any atom is 0.230 e. The van der Waals surface area contributed by atoms with Crippen LogP contribution in [-0.4, -0.2) is 29.0 Å². The van der Waals surface area contributed by atoms with Crippen LogP contribution in [0.5, 0.6) is 0 Å². The lowest BCUT2D eigenvalue weighted by atomic mass is 10.2. The molecule has 1 fully saturated rings. The van der Waals surface area contributed by atoms with Gasteiger partial charge in [0.1, 0.15) is 0 Å². The SMILES string of the molecule is O=C(Cc1cnc[nH]1)Nc1ccc(N2CCCC2)cc1. The second-order valence-electron chi connectivity index (χ2n) is 5.04. The molecule has 1 aliphatic rings. The summed E-state index contributed by atoms with van der Waals surface area (Å²) < 4.78 is 0. The Labute approximate surface area is 118 Å². The van der Waals surface area contributed by atoms with Crippen molar-refractivity contribution in [2.75, 3.05) is 23.3 Å². The molecule has 2 N–H and O–H groups in total. The van der Waals surface area contributed by atoms with Gasteiger partial charge in [-0.2, -0.15) is 0 Å². The third kappa shape index (κ3) is 2.99. The Morgan fingerprint density at radius 1 is 1.25 bits per heavy atom. The maximum absolute atomic E-state index is 11.9. The van der Waals surface area contributed by atoms with Crippen molar-refractivity contribution in [3.05, 3.63) is 42.5 Å². The Bertz CT molecular complexity index is 556. The van der Waals surface area contributed by atoms with E-state index in [0.717, 1.165) is 24.5 Å². The molecule has 1 aliphatic heterocycles. The van der Waals surface area contributed by atoms with E-state index in [2.05, 4.69) is 32.3 Å². The van der Waals surface area contributed by atoms with Gasteiger partial charge in [-0.15, -0.1) is 0 Å². The molecule has 0 atom stereocenters. The number of carbonyl (C=O) groups is 1. The molecule has 1 aromatic carbocycles. The van der Waals surface area contributed by atoms with Crippen molar-refractivity contribution in [3.8, 4) is 0 Å². The highest BCUT2D eigenvalue weighted by Crippen LogP contribution is 2.22. The van der Waals surface area contributed by atoms with E-state index < -0.39 is 0 Å². The number of benzene rings is 1. The summed E-state index contributed by atoms with van der Waals surface area (Å²) in [4.78, 5) is 21.0. The van der Waals surface area contributed by atoms with Gasteiger partial charge in [-0.25, -0.2) is 4.98 Å². The highest BCUT2D eigenvalue weighted by molar-refractivity contribution is 5.92. The first-order chi connectivity index (χ1) is 9.81. The fraction of sp³-hybridized carbons (Fsp3) is 0.333. The highest BCUT2D eigenvalue weighted by Gasteiger charge is 2.12. The number of nitrogens with zero attached hydrogens (tertiary/aromatic N) is 2. The van der Waals surface area contributed by atoms with Crippen LogP contribution in [0.2, 0.25) is 0 Å². The van der Waals surface area contributed by atoms with Gasteiger partial charge in [0.15, 0.2) is 0 Å². The number of anilines is 2. The van der Waals surface area contributed by atoms with Gasteiger partial charge in [0, 0.05) is 36.4 Å². The van der Waals surface area contributed by atoms with Crippen molar-refractivity contribution in [2.24, 2.45) is 0 Å². The van der Waals surface area contributed by atoms with Crippen LogP contribution in [0.4, 0.5) is 11.4 Å². The van der Waals surface area contributed by atoms with Gasteiger partial charge in [0.2, 0.25) is 5.91 Å². The van der Waals surface area contributed by atoms with Gasteiger partial charge in [-0.1, -0.05) is 0 Å². The van der Waals surface area contributed by atoms with Gasteiger partial charge in [-0.3, -0.25) is 4.79 Å². The van der Waals surface area contributed by atoms with Gasteiger partial charge in [-0.05, 0) is 37.1 Å². The standard InChI is InChI=1S/C15H18N4O/c20-15(9-13-10-16-11-17-13)18-12-3-5-14(6-4-12)19-7-1-2-8-19/h3-6,10-11H,1-2,7-9H2,(H,16,17)(H,18,20). The molecule has 0 saturated carbocycles. The van der Waals surface area contributed by atoms with Crippen molar-refractivity contribution < 1.29 is 4.79 Å². The molecule has 2 heterocycles. The number of hydrogen-bond acceptors (Lipinski definition) is 3. The molecule has 0 bridgehead atoms. The lowest BCUT2D eigenvalue weighted by Crippen LogP contribution is -2.18. The van der Waals surface area contributed by atoms with Gasteiger partial charge in [0.05, 0.1) is 12.7 Å².